The zero-order chi connectivity index (χ0) is 27.0. The molecule has 0 aliphatic heterocycles. The van der Waals surface area contributed by atoms with Gasteiger partial charge in [-0.25, -0.2) is 4.98 Å². The van der Waals surface area contributed by atoms with Crippen molar-refractivity contribution in [3.8, 4) is 5.69 Å². The lowest BCUT2D eigenvalue weighted by Gasteiger charge is -2.32. The summed E-state index contributed by atoms with van der Waals surface area (Å²) >= 11 is 6.24. The van der Waals surface area contributed by atoms with Gasteiger partial charge in [0.25, 0.3) is 11.5 Å². The molecule has 1 unspecified atom stereocenters. The molecule has 192 valence electrons. The zero-order valence-electron chi connectivity index (χ0n) is 22.0. The highest BCUT2D eigenvalue weighted by atomic mass is 35.5. The Morgan fingerprint density at radius 3 is 2.37 bits per heavy atom. The second-order valence-electron chi connectivity index (χ2n) is 10.1. The van der Waals surface area contributed by atoms with Crippen molar-refractivity contribution in [2.24, 2.45) is 5.92 Å². The van der Waals surface area contributed by atoms with Gasteiger partial charge in [0, 0.05) is 17.1 Å². The van der Waals surface area contributed by atoms with Gasteiger partial charge in [0.1, 0.15) is 5.82 Å². The van der Waals surface area contributed by atoms with E-state index in [1.54, 1.807) is 16.7 Å². The fourth-order valence-corrected chi connectivity index (χ4v) is 5.20. The topological polar surface area (TPSA) is 55.2 Å². The van der Waals surface area contributed by atoms with Gasteiger partial charge in [-0.2, -0.15) is 0 Å². The van der Waals surface area contributed by atoms with E-state index in [2.05, 4.69) is 13.8 Å². The van der Waals surface area contributed by atoms with Crippen molar-refractivity contribution in [1.29, 1.82) is 0 Å². The maximum absolute atomic E-state index is 14.0. The zero-order valence-corrected chi connectivity index (χ0v) is 22.7. The fraction of sp³-hybridized carbons (Fsp3) is 0.219. The number of benzene rings is 4. The van der Waals surface area contributed by atoms with Gasteiger partial charge in [0.05, 0.1) is 22.6 Å². The van der Waals surface area contributed by atoms with E-state index in [0.29, 0.717) is 39.5 Å². The largest absolute Gasteiger partial charge is 0.328 e. The van der Waals surface area contributed by atoms with Gasteiger partial charge < -0.3 is 4.90 Å². The Bertz CT molecular complexity index is 1720. The molecule has 1 atom stereocenters. The van der Waals surface area contributed by atoms with Gasteiger partial charge in [0.2, 0.25) is 0 Å². The molecule has 1 heterocycles. The first-order chi connectivity index (χ1) is 18.2. The van der Waals surface area contributed by atoms with Crippen LogP contribution in [0.1, 0.15) is 48.6 Å². The summed E-state index contributed by atoms with van der Waals surface area (Å²) in [5.74, 6) is 0.618. The average molecular weight is 524 g/mol. The van der Waals surface area contributed by atoms with Crippen molar-refractivity contribution in [2.75, 3.05) is 6.54 Å². The number of carbonyl (C=O) groups is 1. The van der Waals surface area contributed by atoms with Crippen LogP contribution >= 0.6 is 11.6 Å². The second kappa shape index (κ2) is 10.4. The average Bonchev–Trinajstić information content (AvgIpc) is 2.91. The van der Waals surface area contributed by atoms with E-state index in [1.165, 1.54) is 0 Å². The number of hydrogen-bond acceptors (Lipinski definition) is 3. The molecule has 0 fully saturated rings. The maximum Gasteiger partial charge on any atom is 0.266 e. The van der Waals surface area contributed by atoms with Crippen LogP contribution < -0.4 is 5.56 Å². The van der Waals surface area contributed by atoms with Crippen molar-refractivity contribution in [3.63, 3.8) is 0 Å². The van der Waals surface area contributed by atoms with Crippen molar-refractivity contribution in [2.45, 2.75) is 33.7 Å². The van der Waals surface area contributed by atoms with Crippen LogP contribution in [-0.4, -0.2) is 26.9 Å². The van der Waals surface area contributed by atoms with Gasteiger partial charge in [0.15, 0.2) is 0 Å². The Balaban J connectivity index is 1.69. The molecular weight excluding hydrogens is 494 g/mol. The van der Waals surface area contributed by atoms with Crippen LogP contribution in [0.4, 0.5) is 0 Å². The van der Waals surface area contributed by atoms with E-state index in [-0.39, 0.29) is 17.4 Å². The summed E-state index contributed by atoms with van der Waals surface area (Å²) in [4.78, 5) is 34.7. The lowest BCUT2D eigenvalue weighted by Crippen LogP contribution is -2.39. The highest BCUT2D eigenvalue weighted by Crippen LogP contribution is 2.28. The van der Waals surface area contributed by atoms with Crippen LogP contribution in [-0.2, 0) is 0 Å². The van der Waals surface area contributed by atoms with Crippen LogP contribution in [0.3, 0.4) is 0 Å². The monoisotopic (exact) mass is 523 g/mol. The number of fused-ring (bicyclic) bond motifs is 2. The van der Waals surface area contributed by atoms with E-state index in [9.17, 15) is 9.59 Å². The Hall–Kier alpha value is -3.96. The summed E-state index contributed by atoms with van der Waals surface area (Å²) in [6.45, 7) is 8.54. The Morgan fingerprint density at radius 2 is 1.63 bits per heavy atom. The number of rotatable bonds is 6. The summed E-state index contributed by atoms with van der Waals surface area (Å²) in [5.41, 5.74) is 2.58. The molecule has 0 N–H and O–H groups in total. The minimum Gasteiger partial charge on any atom is -0.328 e. The third kappa shape index (κ3) is 4.82. The van der Waals surface area contributed by atoms with E-state index >= 15 is 0 Å². The van der Waals surface area contributed by atoms with E-state index in [0.717, 1.165) is 16.3 Å². The van der Waals surface area contributed by atoms with Gasteiger partial charge >= 0.3 is 0 Å². The van der Waals surface area contributed by atoms with Gasteiger partial charge in [-0.3, -0.25) is 14.2 Å². The standard InChI is InChI=1S/C32H30ClN3O2/c1-20(2)19-35(31(37)25-14-13-23-9-5-6-10-24(23)18-25)22(4)30-34-28-12-8-7-11-27(28)32(38)36(30)29-16-15-26(33)17-21(29)3/h5-18,20,22H,19H2,1-4H3. The quantitative estimate of drug-likeness (QED) is 0.233. The minimum atomic E-state index is -0.483. The molecule has 0 radical (unpaired) electrons. The lowest BCUT2D eigenvalue weighted by atomic mass is 10.0. The normalized spacial score (nSPS) is 12.3. The first-order valence-corrected chi connectivity index (χ1v) is 13.2. The minimum absolute atomic E-state index is 0.0984. The Kier molecular flexibility index (Phi) is 7.04. The third-order valence-electron chi connectivity index (χ3n) is 6.86. The molecule has 0 saturated heterocycles. The molecule has 0 saturated carbocycles. The fourth-order valence-electron chi connectivity index (χ4n) is 4.97. The van der Waals surface area contributed by atoms with Crippen molar-refractivity contribution < 1.29 is 4.79 Å². The molecule has 1 amide bonds. The molecule has 38 heavy (non-hydrogen) atoms. The molecule has 0 spiro atoms. The van der Waals surface area contributed by atoms with Crippen LogP contribution in [0.5, 0.6) is 0 Å². The van der Waals surface area contributed by atoms with Crippen LogP contribution in [0, 0.1) is 12.8 Å². The SMILES string of the molecule is Cc1cc(Cl)ccc1-n1c(C(C)N(CC(C)C)C(=O)c2ccc3ccccc3c2)nc2ccccc2c1=O. The molecule has 5 rings (SSSR count). The number of hydrogen-bond donors (Lipinski definition) is 0. The molecule has 0 aliphatic rings. The van der Waals surface area contributed by atoms with Crippen LogP contribution in [0.15, 0.2) is 89.7 Å². The smallest absolute Gasteiger partial charge is 0.266 e. The number of nitrogens with zero attached hydrogens (tertiary/aromatic N) is 3. The first-order valence-electron chi connectivity index (χ1n) is 12.8. The number of halogens is 1. The summed E-state index contributed by atoms with van der Waals surface area (Å²) < 4.78 is 1.64. The van der Waals surface area contributed by atoms with Crippen molar-refractivity contribution in [1.82, 2.24) is 14.5 Å². The number of carbonyl (C=O) groups excluding carboxylic acids is 1. The van der Waals surface area contributed by atoms with Gasteiger partial charge in [-0.1, -0.05) is 67.9 Å². The van der Waals surface area contributed by atoms with Crippen LogP contribution in [0.25, 0.3) is 27.4 Å². The van der Waals surface area contributed by atoms with E-state index in [1.807, 2.05) is 91.5 Å². The molecule has 4 aromatic carbocycles. The molecule has 0 aliphatic carbocycles. The first kappa shape index (κ1) is 25.7. The third-order valence-corrected chi connectivity index (χ3v) is 7.10. The number of amides is 1. The summed E-state index contributed by atoms with van der Waals surface area (Å²) in [7, 11) is 0. The predicted molar refractivity (Wildman–Crippen MR) is 155 cm³/mol. The molecule has 5 aromatic rings. The van der Waals surface area contributed by atoms with Gasteiger partial charge in [-0.15, -0.1) is 0 Å². The molecule has 6 heteroatoms. The molecule has 5 nitrogen and oxygen atoms in total. The summed E-state index contributed by atoms with van der Waals surface area (Å²) in [6, 6.07) is 26.1. The van der Waals surface area contributed by atoms with Crippen molar-refractivity contribution >= 4 is 39.2 Å². The van der Waals surface area contributed by atoms with Crippen LogP contribution in [0.2, 0.25) is 5.02 Å². The Morgan fingerprint density at radius 1 is 0.921 bits per heavy atom. The predicted octanol–water partition coefficient (Wildman–Crippen LogP) is 7.36. The lowest BCUT2D eigenvalue weighted by molar-refractivity contribution is 0.0655. The van der Waals surface area contributed by atoms with E-state index < -0.39 is 6.04 Å². The number of aromatic nitrogens is 2. The number of aryl methyl sites for hydroxylation is 1. The maximum atomic E-state index is 14.0. The van der Waals surface area contributed by atoms with Crippen molar-refractivity contribution in [3.05, 3.63) is 117 Å². The molecular formula is C32H30ClN3O2. The second-order valence-corrected chi connectivity index (χ2v) is 10.6. The highest BCUT2D eigenvalue weighted by Gasteiger charge is 2.28. The van der Waals surface area contributed by atoms with E-state index in [4.69, 9.17) is 16.6 Å². The van der Waals surface area contributed by atoms with Gasteiger partial charge in [-0.05, 0) is 78.6 Å². The summed E-state index contributed by atoms with van der Waals surface area (Å²) in [6.07, 6.45) is 0. The number of para-hydroxylation sites is 1. The highest BCUT2D eigenvalue weighted by molar-refractivity contribution is 6.30. The molecule has 0 bridgehead atoms. The summed E-state index contributed by atoms with van der Waals surface area (Å²) in [5, 5.41) is 3.20. The molecule has 1 aromatic heterocycles. The Labute approximate surface area is 227 Å².